The molecule has 0 saturated heterocycles. The van der Waals surface area contributed by atoms with Gasteiger partial charge in [0.25, 0.3) is 0 Å². The summed E-state index contributed by atoms with van der Waals surface area (Å²) < 4.78 is 23.7. The highest BCUT2D eigenvalue weighted by Gasteiger charge is 1.91. The van der Waals surface area contributed by atoms with Crippen LogP contribution >= 0.6 is 10.7 Å². The van der Waals surface area contributed by atoms with Crippen LogP contribution in [-0.2, 0) is 9.05 Å². The quantitative estimate of drug-likeness (QED) is 0.653. The van der Waals surface area contributed by atoms with E-state index in [1.165, 1.54) is 0 Å². The van der Waals surface area contributed by atoms with Crippen LogP contribution < -0.4 is 0 Å². The second-order valence-corrected chi connectivity index (χ2v) is 5.59. The molecule has 4 nitrogen and oxygen atoms in total. The lowest BCUT2D eigenvalue weighted by Crippen LogP contribution is -1.76. The van der Waals surface area contributed by atoms with Gasteiger partial charge in [-0.1, -0.05) is 17.3 Å². The zero-order chi connectivity index (χ0) is 10.6. The molecule has 76 valence electrons. The Morgan fingerprint density at radius 1 is 1.36 bits per heavy atom. The summed E-state index contributed by atoms with van der Waals surface area (Å²) in [5.41, 5.74) is 0.845. The van der Waals surface area contributed by atoms with Gasteiger partial charge in [-0.3, -0.25) is 0 Å². The standard InChI is InChI=1S/C7H5NO.CH3ClO2S/c1-2-4-7-6(3-1)5-8-9-7;1-5(2,3)4/h1-5H;1H3. The van der Waals surface area contributed by atoms with Crippen molar-refractivity contribution in [3.05, 3.63) is 30.5 Å². The van der Waals surface area contributed by atoms with Gasteiger partial charge in [0, 0.05) is 16.1 Å². The van der Waals surface area contributed by atoms with Crippen LogP contribution in [0, 0.1) is 0 Å². The second-order valence-electron chi connectivity index (χ2n) is 2.55. The van der Waals surface area contributed by atoms with Crippen LogP contribution in [0.1, 0.15) is 0 Å². The molecule has 1 aromatic heterocycles. The van der Waals surface area contributed by atoms with Crippen LogP contribution in [0.5, 0.6) is 0 Å². The summed E-state index contributed by atoms with van der Waals surface area (Å²) in [6, 6.07) is 7.74. The van der Waals surface area contributed by atoms with Gasteiger partial charge in [0.2, 0.25) is 9.05 Å². The maximum Gasteiger partial charge on any atom is 0.229 e. The Labute approximate surface area is 85.9 Å². The van der Waals surface area contributed by atoms with E-state index < -0.39 is 9.05 Å². The van der Waals surface area contributed by atoms with Gasteiger partial charge in [-0.05, 0) is 12.1 Å². The van der Waals surface area contributed by atoms with Gasteiger partial charge in [-0.2, -0.15) is 0 Å². The Morgan fingerprint density at radius 2 is 1.93 bits per heavy atom. The molecular formula is C8H8ClNO3S. The highest BCUT2D eigenvalue weighted by molar-refractivity contribution is 8.13. The van der Waals surface area contributed by atoms with Crippen LogP contribution in [0.25, 0.3) is 11.0 Å². The van der Waals surface area contributed by atoms with Crippen LogP contribution in [0.15, 0.2) is 35.0 Å². The number of aromatic nitrogens is 1. The number of benzene rings is 1. The smallest absolute Gasteiger partial charge is 0.229 e. The van der Waals surface area contributed by atoms with Gasteiger partial charge in [0.1, 0.15) is 0 Å². The molecule has 0 aliphatic rings. The van der Waals surface area contributed by atoms with Gasteiger partial charge in [0.15, 0.2) is 5.58 Å². The highest BCUT2D eigenvalue weighted by Crippen LogP contribution is 2.10. The molecule has 0 fully saturated rings. The molecule has 1 heterocycles. The molecule has 0 aliphatic carbocycles. The van der Waals surface area contributed by atoms with Crippen LogP contribution in [-0.4, -0.2) is 19.8 Å². The van der Waals surface area contributed by atoms with Gasteiger partial charge in [-0.15, -0.1) is 0 Å². The van der Waals surface area contributed by atoms with E-state index in [0.29, 0.717) is 0 Å². The molecule has 0 N–H and O–H groups in total. The average Bonchev–Trinajstić information content (AvgIpc) is 2.47. The number of hydrogen-bond acceptors (Lipinski definition) is 4. The number of hydrogen-bond donors (Lipinski definition) is 0. The van der Waals surface area contributed by atoms with Crippen LogP contribution in [0.4, 0.5) is 0 Å². The number of nitrogens with zero attached hydrogens (tertiary/aromatic N) is 1. The third-order valence-electron chi connectivity index (χ3n) is 1.26. The van der Waals surface area contributed by atoms with Crippen molar-refractivity contribution in [3.8, 4) is 0 Å². The normalized spacial score (nSPS) is 10.7. The Hall–Kier alpha value is -1.07. The van der Waals surface area contributed by atoms with E-state index in [9.17, 15) is 8.42 Å². The topological polar surface area (TPSA) is 60.2 Å². The lowest BCUT2D eigenvalue weighted by molar-refractivity contribution is 0.456. The third kappa shape index (κ3) is 4.25. The molecule has 6 heteroatoms. The first-order chi connectivity index (χ1) is 6.47. The molecule has 2 rings (SSSR count). The molecule has 14 heavy (non-hydrogen) atoms. The Bertz CT molecular complexity index is 468. The molecule has 2 aromatic rings. The highest BCUT2D eigenvalue weighted by atomic mass is 35.7. The molecule has 0 unspecified atom stereocenters. The minimum Gasteiger partial charge on any atom is -0.356 e. The predicted octanol–water partition coefficient (Wildman–Crippen LogP) is 2.01. The first-order valence-electron chi connectivity index (χ1n) is 3.66. The number of halogens is 1. The fraction of sp³-hybridized carbons (Fsp3) is 0.125. The van der Waals surface area contributed by atoms with Crippen LogP contribution in [0.2, 0.25) is 0 Å². The van der Waals surface area contributed by atoms with E-state index in [1.54, 1.807) is 6.20 Å². The van der Waals surface area contributed by atoms with Gasteiger partial charge in [-0.25, -0.2) is 8.42 Å². The van der Waals surface area contributed by atoms with E-state index in [-0.39, 0.29) is 0 Å². The van der Waals surface area contributed by atoms with E-state index in [2.05, 4.69) is 15.8 Å². The second kappa shape index (κ2) is 4.43. The molecule has 0 bridgehead atoms. The largest absolute Gasteiger partial charge is 0.356 e. The van der Waals surface area contributed by atoms with Gasteiger partial charge in [0.05, 0.1) is 12.5 Å². The maximum absolute atomic E-state index is 9.40. The average molecular weight is 234 g/mol. The van der Waals surface area contributed by atoms with Crippen molar-refractivity contribution >= 4 is 30.7 Å². The monoisotopic (exact) mass is 233 g/mol. The maximum atomic E-state index is 9.40. The summed E-state index contributed by atoms with van der Waals surface area (Å²) in [5.74, 6) is 0. The fourth-order valence-electron chi connectivity index (χ4n) is 0.810. The third-order valence-corrected chi connectivity index (χ3v) is 1.26. The summed E-state index contributed by atoms with van der Waals surface area (Å²) in [6.45, 7) is 0. The predicted molar refractivity (Wildman–Crippen MR) is 54.7 cm³/mol. The zero-order valence-corrected chi connectivity index (χ0v) is 8.92. The van der Waals surface area contributed by atoms with E-state index in [4.69, 9.17) is 4.52 Å². The van der Waals surface area contributed by atoms with Crippen molar-refractivity contribution < 1.29 is 12.9 Å². The molecular weight excluding hydrogens is 226 g/mol. The van der Waals surface area contributed by atoms with Gasteiger partial charge < -0.3 is 4.52 Å². The van der Waals surface area contributed by atoms with Crippen molar-refractivity contribution in [2.75, 3.05) is 6.26 Å². The Kier molecular flexibility index (Phi) is 3.49. The minimum atomic E-state index is -3.19. The number of fused-ring (bicyclic) bond motifs is 1. The van der Waals surface area contributed by atoms with Crippen molar-refractivity contribution in [1.29, 1.82) is 0 Å². The lowest BCUT2D eigenvalue weighted by atomic mass is 10.3. The summed E-state index contributed by atoms with van der Waals surface area (Å²) in [7, 11) is 1.31. The first kappa shape index (κ1) is 11.0. The molecule has 1 aromatic carbocycles. The van der Waals surface area contributed by atoms with Crippen molar-refractivity contribution in [2.24, 2.45) is 0 Å². The first-order valence-corrected chi connectivity index (χ1v) is 6.37. The van der Waals surface area contributed by atoms with Crippen molar-refractivity contribution in [3.63, 3.8) is 0 Å². The van der Waals surface area contributed by atoms with Gasteiger partial charge >= 0.3 is 0 Å². The Morgan fingerprint density at radius 3 is 2.50 bits per heavy atom. The molecule has 0 aliphatic heterocycles. The summed E-state index contributed by atoms with van der Waals surface area (Å²) >= 11 is 0. The van der Waals surface area contributed by atoms with E-state index in [0.717, 1.165) is 17.2 Å². The summed E-state index contributed by atoms with van der Waals surface area (Å²) in [5, 5.41) is 4.68. The van der Waals surface area contributed by atoms with E-state index >= 15 is 0 Å². The minimum absolute atomic E-state index is 0.845. The lowest BCUT2D eigenvalue weighted by Gasteiger charge is -1.78. The summed E-state index contributed by atoms with van der Waals surface area (Å²) in [6.07, 6.45) is 2.63. The molecule has 0 radical (unpaired) electrons. The molecule has 0 saturated carbocycles. The molecule has 0 atom stereocenters. The molecule has 0 amide bonds. The van der Waals surface area contributed by atoms with Crippen molar-refractivity contribution in [2.45, 2.75) is 0 Å². The SMILES string of the molecule is CS(=O)(=O)Cl.c1ccc2oncc2c1. The fourth-order valence-corrected chi connectivity index (χ4v) is 0.810. The van der Waals surface area contributed by atoms with E-state index in [1.807, 2.05) is 24.3 Å². The van der Waals surface area contributed by atoms with Crippen molar-refractivity contribution in [1.82, 2.24) is 5.16 Å². The molecule has 0 spiro atoms. The zero-order valence-electron chi connectivity index (χ0n) is 7.34. The summed E-state index contributed by atoms with van der Waals surface area (Å²) in [4.78, 5) is 0. The number of rotatable bonds is 0. The number of para-hydroxylation sites is 1. The Balaban J connectivity index is 0.000000171. The van der Waals surface area contributed by atoms with Crippen LogP contribution in [0.3, 0.4) is 0 Å².